The SMILES string of the molecule is CCOC(=O)N1CCN(C(c2cccc(OC)c2)c2c(O)cc(C)n(CC)c2=O)CC1. The lowest BCUT2D eigenvalue weighted by molar-refractivity contribution is 0.0709. The highest BCUT2D eigenvalue weighted by Crippen LogP contribution is 2.34. The highest BCUT2D eigenvalue weighted by molar-refractivity contribution is 5.67. The van der Waals surface area contributed by atoms with E-state index < -0.39 is 6.04 Å². The predicted molar refractivity (Wildman–Crippen MR) is 118 cm³/mol. The zero-order chi connectivity index (χ0) is 22.5. The Hall–Kier alpha value is -3.00. The van der Waals surface area contributed by atoms with Gasteiger partial charge in [-0.05, 0) is 44.5 Å². The third-order valence-electron chi connectivity index (χ3n) is 5.73. The molecule has 31 heavy (non-hydrogen) atoms. The highest BCUT2D eigenvalue weighted by atomic mass is 16.6. The van der Waals surface area contributed by atoms with Crippen molar-refractivity contribution in [3.8, 4) is 11.5 Å². The first kappa shape index (κ1) is 22.7. The maximum atomic E-state index is 13.4. The minimum absolute atomic E-state index is 0.0205. The van der Waals surface area contributed by atoms with Crippen LogP contribution < -0.4 is 10.3 Å². The molecule has 0 spiro atoms. The van der Waals surface area contributed by atoms with Crippen molar-refractivity contribution in [2.75, 3.05) is 39.9 Å². The molecule has 8 heteroatoms. The van der Waals surface area contributed by atoms with Gasteiger partial charge in [0, 0.05) is 38.4 Å². The van der Waals surface area contributed by atoms with Gasteiger partial charge in [0.05, 0.1) is 25.3 Å². The fourth-order valence-corrected chi connectivity index (χ4v) is 4.17. The van der Waals surface area contributed by atoms with E-state index in [2.05, 4.69) is 4.90 Å². The van der Waals surface area contributed by atoms with Gasteiger partial charge in [0.15, 0.2) is 0 Å². The van der Waals surface area contributed by atoms with E-state index in [9.17, 15) is 14.7 Å². The van der Waals surface area contributed by atoms with Gasteiger partial charge in [-0.25, -0.2) is 4.79 Å². The normalized spacial score (nSPS) is 15.5. The standard InChI is InChI=1S/C23H31N3O5/c1-5-26-16(3)14-19(27)20(22(26)28)21(17-8-7-9-18(15-17)30-4)24-10-12-25(13-11-24)23(29)31-6-2/h7-9,14-15,21,27H,5-6,10-13H2,1-4H3. The first-order chi connectivity index (χ1) is 14.9. The third-order valence-corrected chi connectivity index (χ3v) is 5.73. The maximum Gasteiger partial charge on any atom is 0.409 e. The van der Waals surface area contributed by atoms with Crippen LogP contribution in [0.5, 0.6) is 11.5 Å². The molecule has 1 saturated heterocycles. The summed E-state index contributed by atoms with van der Waals surface area (Å²) >= 11 is 0. The van der Waals surface area contributed by atoms with Crippen molar-refractivity contribution in [3.63, 3.8) is 0 Å². The molecule has 1 aromatic heterocycles. The first-order valence-electron chi connectivity index (χ1n) is 10.6. The van der Waals surface area contributed by atoms with Crippen LogP contribution in [0.25, 0.3) is 0 Å². The fourth-order valence-electron chi connectivity index (χ4n) is 4.17. The van der Waals surface area contributed by atoms with Crippen LogP contribution in [0.3, 0.4) is 0 Å². The quantitative estimate of drug-likeness (QED) is 0.760. The summed E-state index contributed by atoms with van der Waals surface area (Å²) < 4.78 is 12.2. The summed E-state index contributed by atoms with van der Waals surface area (Å²) in [6.45, 7) is 8.40. The number of aromatic hydroxyl groups is 1. The van der Waals surface area contributed by atoms with Crippen molar-refractivity contribution >= 4 is 6.09 Å². The summed E-state index contributed by atoms with van der Waals surface area (Å²) in [5, 5.41) is 10.8. The number of piperazine rings is 1. The second kappa shape index (κ2) is 9.87. The van der Waals surface area contributed by atoms with Crippen molar-refractivity contribution in [3.05, 3.63) is 57.5 Å². The minimum atomic E-state index is -0.467. The van der Waals surface area contributed by atoms with Crippen LogP contribution in [-0.4, -0.2) is 65.5 Å². The van der Waals surface area contributed by atoms with Gasteiger partial charge in [0.1, 0.15) is 11.5 Å². The molecule has 1 aromatic carbocycles. The number of aromatic nitrogens is 1. The number of rotatable bonds is 6. The Morgan fingerprint density at radius 2 is 1.87 bits per heavy atom. The lowest BCUT2D eigenvalue weighted by atomic mass is 9.95. The number of ether oxygens (including phenoxy) is 2. The summed E-state index contributed by atoms with van der Waals surface area (Å²) in [5.74, 6) is 0.655. The number of methoxy groups -OCH3 is 1. The van der Waals surface area contributed by atoms with Crippen LogP contribution >= 0.6 is 0 Å². The maximum absolute atomic E-state index is 13.4. The van der Waals surface area contributed by atoms with Crippen LogP contribution in [0.1, 0.15) is 36.7 Å². The smallest absolute Gasteiger partial charge is 0.409 e. The fraction of sp³-hybridized carbons (Fsp3) is 0.478. The van der Waals surface area contributed by atoms with E-state index >= 15 is 0 Å². The van der Waals surface area contributed by atoms with E-state index in [4.69, 9.17) is 9.47 Å². The third kappa shape index (κ3) is 4.69. The number of carbonyl (C=O) groups is 1. The van der Waals surface area contributed by atoms with Crippen molar-refractivity contribution in [1.29, 1.82) is 0 Å². The Morgan fingerprint density at radius 3 is 2.48 bits per heavy atom. The Kier molecular flexibility index (Phi) is 7.22. The molecule has 168 valence electrons. The predicted octanol–water partition coefficient (Wildman–Crippen LogP) is 2.75. The van der Waals surface area contributed by atoms with Gasteiger partial charge in [-0.3, -0.25) is 9.69 Å². The van der Waals surface area contributed by atoms with Gasteiger partial charge in [-0.2, -0.15) is 0 Å². The molecule has 2 aromatic rings. The minimum Gasteiger partial charge on any atom is -0.507 e. The number of amides is 1. The molecule has 0 aliphatic carbocycles. The largest absolute Gasteiger partial charge is 0.507 e. The summed E-state index contributed by atoms with van der Waals surface area (Å²) in [7, 11) is 1.60. The van der Waals surface area contributed by atoms with Crippen LogP contribution in [-0.2, 0) is 11.3 Å². The summed E-state index contributed by atoms with van der Waals surface area (Å²) in [5.41, 5.74) is 1.69. The highest BCUT2D eigenvalue weighted by Gasteiger charge is 2.32. The van der Waals surface area contributed by atoms with E-state index in [1.54, 1.807) is 29.6 Å². The van der Waals surface area contributed by atoms with Gasteiger partial charge in [-0.15, -0.1) is 0 Å². The van der Waals surface area contributed by atoms with Crippen LogP contribution in [0, 0.1) is 6.92 Å². The number of hydrogen-bond donors (Lipinski definition) is 1. The Bertz CT molecular complexity index is 980. The number of hydrogen-bond acceptors (Lipinski definition) is 6. The Balaban J connectivity index is 2.04. The second-order valence-electron chi connectivity index (χ2n) is 7.54. The lowest BCUT2D eigenvalue weighted by Gasteiger charge is -2.39. The zero-order valence-electron chi connectivity index (χ0n) is 18.6. The molecule has 1 fully saturated rings. The van der Waals surface area contributed by atoms with Gasteiger partial charge in [0.25, 0.3) is 5.56 Å². The van der Waals surface area contributed by atoms with Gasteiger partial charge in [0.2, 0.25) is 0 Å². The molecule has 0 bridgehead atoms. The Morgan fingerprint density at radius 1 is 1.16 bits per heavy atom. The van der Waals surface area contributed by atoms with Crippen molar-refractivity contribution in [2.24, 2.45) is 0 Å². The Labute approximate surface area is 182 Å². The molecule has 0 saturated carbocycles. The second-order valence-corrected chi connectivity index (χ2v) is 7.54. The summed E-state index contributed by atoms with van der Waals surface area (Å²) in [6.07, 6.45) is -0.327. The molecule has 2 heterocycles. The molecular formula is C23H31N3O5. The number of pyridine rings is 1. The molecule has 1 atom stereocenters. The van der Waals surface area contributed by atoms with E-state index in [0.29, 0.717) is 56.3 Å². The van der Waals surface area contributed by atoms with Crippen molar-refractivity contribution in [1.82, 2.24) is 14.4 Å². The average Bonchev–Trinajstić information content (AvgIpc) is 2.77. The number of carbonyl (C=O) groups excluding carboxylic acids is 1. The lowest BCUT2D eigenvalue weighted by Crippen LogP contribution is -2.50. The van der Waals surface area contributed by atoms with Crippen molar-refractivity contribution in [2.45, 2.75) is 33.4 Å². The number of nitrogens with zero attached hydrogens (tertiary/aromatic N) is 3. The van der Waals surface area contributed by atoms with Crippen LogP contribution in [0.2, 0.25) is 0 Å². The van der Waals surface area contributed by atoms with E-state index in [1.165, 1.54) is 0 Å². The molecular weight excluding hydrogens is 398 g/mol. The molecule has 8 nitrogen and oxygen atoms in total. The van der Waals surface area contributed by atoms with Crippen LogP contribution in [0.15, 0.2) is 35.1 Å². The summed E-state index contributed by atoms with van der Waals surface area (Å²) in [6, 6.07) is 8.71. The van der Waals surface area contributed by atoms with Crippen molar-refractivity contribution < 1.29 is 19.4 Å². The van der Waals surface area contributed by atoms with E-state index in [0.717, 1.165) is 5.56 Å². The molecule has 0 radical (unpaired) electrons. The molecule has 1 N–H and O–H groups in total. The van der Waals surface area contributed by atoms with E-state index in [-0.39, 0.29) is 17.4 Å². The molecule has 1 unspecified atom stereocenters. The molecule has 3 rings (SSSR count). The van der Waals surface area contributed by atoms with Gasteiger partial charge < -0.3 is 24.0 Å². The summed E-state index contributed by atoms with van der Waals surface area (Å²) in [4.78, 5) is 29.3. The number of benzene rings is 1. The van der Waals surface area contributed by atoms with E-state index in [1.807, 2.05) is 38.1 Å². The van der Waals surface area contributed by atoms with Gasteiger partial charge in [-0.1, -0.05) is 12.1 Å². The van der Waals surface area contributed by atoms with Crippen LogP contribution in [0.4, 0.5) is 4.79 Å². The van der Waals surface area contributed by atoms with Gasteiger partial charge >= 0.3 is 6.09 Å². The zero-order valence-corrected chi connectivity index (χ0v) is 18.6. The number of aryl methyl sites for hydroxylation is 1. The first-order valence-corrected chi connectivity index (χ1v) is 10.6. The molecule has 1 aliphatic rings. The average molecular weight is 430 g/mol. The topological polar surface area (TPSA) is 84.2 Å². The monoisotopic (exact) mass is 429 g/mol. The molecule has 1 aliphatic heterocycles. The molecule has 1 amide bonds.